The van der Waals surface area contributed by atoms with E-state index in [1.54, 1.807) is 36.4 Å². The van der Waals surface area contributed by atoms with Gasteiger partial charge in [0.15, 0.2) is 0 Å². The quantitative estimate of drug-likeness (QED) is 0.146. The van der Waals surface area contributed by atoms with E-state index in [4.69, 9.17) is 0 Å². The smallest absolute Gasteiger partial charge is 0.369 e. The van der Waals surface area contributed by atoms with Gasteiger partial charge in [-0.05, 0) is 54.4 Å². The summed E-state index contributed by atoms with van der Waals surface area (Å²) in [5.74, 6) is -4.33. The molecule has 58 heavy (non-hydrogen) atoms. The fourth-order valence-electron chi connectivity index (χ4n) is 7.00. The van der Waals surface area contributed by atoms with E-state index < -0.39 is 63.1 Å². The van der Waals surface area contributed by atoms with Gasteiger partial charge in [-0.15, -0.1) is 0 Å². The first kappa shape index (κ1) is 40.1. The number of imide groups is 2. The zero-order valence-corrected chi connectivity index (χ0v) is 32.0. The number of carbonyl (C=O) groups excluding carboxylic acids is 4. The number of piperazine rings is 1. The van der Waals surface area contributed by atoms with Crippen molar-refractivity contribution in [3.63, 3.8) is 0 Å². The Labute approximate surface area is 330 Å². The molecular formula is C38H37F4N9O6S. The second-order valence-corrected chi connectivity index (χ2v) is 16.1. The van der Waals surface area contributed by atoms with Gasteiger partial charge in [0, 0.05) is 75.9 Å². The second-order valence-electron chi connectivity index (χ2n) is 14.1. The largest absolute Gasteiger partial charge is 0.421 e. The number of rotatable bonds is 11. The number of benzene rings is 3. The Morgan fingerprint density at radius 2 is 1.69 bits per heavy atom. The highest BCUT2D eigenvalue weighted by molar-refractivity contribution is 7.92. The lowest BCUT2D eigenvalue weighted by Crippen LogP contribution is -2.54. The molecule has 0 spiro atoms. The molecule has 3 N–H and O–H groups in total. The summed E-state index contributed by atoms with van der Waals surface area (Å²) in [6.45, 7) is 2.32. The predicted molar refractivity (Wildman–Crippen MR) is 204 cm³/mol. The molecule has 15 nitrogen and oxygen atoms in total. The van der Waals surface area contributed by atoms with Crippen molar-refractivity contribution >= 4 is 62.5 Å². The number of hydrogen-bond acceptors (Lipinski definition) is 12. The molecule has 0 aliphatic carbocycles. The molecule has 20 heteroatoms. The Bertz CT molecular complexity index is 2410. The number of nitrogens with one attached hydrogen (secondary N) is 3. The van der Waals surface area contributed by atoms with E-state index in [9.17, 15) is 40.8 Å². The molecule has 0 saturated carbocycles. The van der Waals surface area contributed by atoms with E-state index in [1.807, 2.05) is 17.0 Å². The maximum Gasteiger partial charge on any atom is 0.421 e. The van der Waals surface area contributed by atoms with Crippen molar-refractivity contribution in [2.24, 2.45) is 0 Å². The highest BCUT2D eigenvalue weighted by atomic mass is 32.2. The molecule has 0 radical (unpaired) electrons. The maximum absolute atomic E-state index is 15.8. The molecule has 4 aromatic rings. The van der Waals surface area contributed by atoms with E-state index >= 15 is 4.39 Å². The fraction of sp³-hybridized carbons (Fsp3) is 0.316. The molecule has 7 rings (SSSR count). The Hall–Kier alpha value is -6.15. The minimum atomic E-state index is -4.75. The van der Waals surface area contributed by atoms with Crippen molar-refractivity contribution in [1.29, 1.82) is 0 Å². The minimum Gasteiger partial charge on any atom is -0.369 e. The molecule has 3 aliphatic heterocycles. The van der Waals surface area contributed by atoms with Crippen molar-refractivity contribution in [3.8, 4) is 0 Å². The zero-order chi connectivity index (χ0) is 41.5. The maximum atomic E-state index is 15.8. The molecule has 1 unspecified atom stereocenters. The van der Waals surface area contributed by atoms with Gasteiger partial charge in [0.1, 0.15) is 23.2 Å². The SMILES string of the molecule is CN(c1cccc(CNc2nc(Nc3ccc(N4CCN(Cc5ccc6c(c5F)C(=O)N(C5CCC(=O)NC5=O)C6=O)CC4)cc3)ncc2C(F)(F)F)c1)S(C)(=O)=O. The summed E-state index contributed by atoms with van der Waals surface area (Å²) in [6.07, 6.45) is -3.10. The van der Waals surface area contributed by atoms with Crippen LogP contribution in [0.2, 0.25) is 0 Å². The van der Waals surface area contributed by atoms with Gasteiger partial charge in [-0.3, -0.25) is 38.6 Å². The van der Waals surface area contributed by atoms with Gasteiger partial charge in [-0.1, -0.05) is 18.2 Å². The van der Waals surface area contributed by atoms with Crippen LogP contribution in [0, 0.1) is 5.82 Å². The van der Waals surface area contributed by atoms with E-state index in [0.717, 1.165) is 21.1 Å². The van der Waals surface area contributed by atoms with Gasteiger partial charge < -0.3 is 15.5 Å². The van der Waals surface area contributed by atoms with Gasteiger partial charge >= 0.3 is 6.18 Å². The normalized spacial score (nSPS) is 17.7. The number of hydrogen-bond donors (Lipinski definition) is 3. The van der Waals surface area contributed by atoms with Gasteiger partial charge in [-0.2, -0.15) is 18.2 Å². The number of sulfonamides is 1. The highest BCUT2D eigenvalue weighted by Crippen LogP contribution is 2.35. The zero-order valence-electron chi connectivity index (χ0n) is 31.1. The number of amides is 4. The van der Waals surface area contributed by atoms with E-state index in [1.165, 1.54) is 19.2 Å². The van der Waals surface area contributed by atoms with Gasteiger partial charge in [0.05, 0.1) is 23.1 Å². The molecule has 3 aliphatic rings. The number of piperidine rings is 1. The number of halogens is 4. The lowest BCUT2D eigenvalue weighted by Gasteiger charge is -2.36. The fourth-order valence-corrected chi connectivity index (χ4v) is 7.49. The summed E-state index contributed by atoms with van der Waals surface area (Å²) >= 11 is 0. The van der Waals surface area contributed by atoms with Gasteiger partial charge in [0.25, 0.3) is 11.8 Å². The number of carbonyl (C=O) groups is 4. The number of aromatic nitrogens is 2. The van der Waals surface area contributed by atoms with Crippen LogP contribution in [0.4, 0.5) is 46.4 Å². The Morgan fingerprint density at radius 3 is 2.36 bits per heavy atom. The average molecular weight is 824 g/mol. The molecule has 2 saturated heterocycles. The Kier molecular flexibility index (Phi) is 10.8. The number of nitrogens with zero attached hydrogens (tertiary/aromatic N) is 6. The van der Waals surface area contributed by atoms with Crippen molar-refractivity contribution in [2.75, 3.05) is 59.3 Å². The summed E-state index contributed by atoms with van der Waals surface area (Å²) in [4.78, 5) is 63.0. The predicted octanol–water partition coefficient (Wildman–Crippen LogP) is 4.11. The summed E-state index contributed by atoms with van der Waals surface area (Å²) in [5.41, 5.74) is 0.902. The molecule has 4 heterocycles. The molecule has 4 amide bonds. The molecule has 3 aromatic carbocycles. The molecular weight excluding hydrogens is 787 g/mol. The average Bonchev–Trinajstić information content (AvgIpc) is 3.43. The second kappa shape index (κ2) is 15.7. The third-order valence-electron chi connectivity index (χ3n) is 10.2. The third-order valence-corrected chi connectivity index (χ3v) is 11.4. The molecule has 0 bridgehead atoms. The van der Waals surface area contributed by atoms with Crippen molar-refractivity contribution < 1.29 is 45.2 Å². The van der Waals surface area contributed by atoms with Gasteiger partial charge in [0.2, 0.25) is 27.8 Å². The van der Waals surface area contributed by atoms with Crippen LogP contribution in [0.15, 0.2) is 66.9 Å². The van der Waals surface area contributed by atoms with Crippen LogP contribution >= 0.6 is 0 Å². The summed E-state index contributed by atoms with van der Waals surface area (Å²) in [7, 11) is -2.17. The van der Waals surface area contributed by atoms with Crippen LogP contribution in [0.1, 0.15) is 50.2 Å². The number of fused-ring (bicyclic) bond motifs is 1. The first-order valence-corrected chi connectivity index (χ1v) is 19.9. The highest BCUT2D eigenvalue weighted by Gasteiger charge is 2.46. The van der Waals surface area contributed by atoms with Crippen LogP contribution in [0.25, 0.3) is 0 Å². The van der Waals surface area contributed by atoms with E-state index in [-0.39, 0.29) is 48.6 Å². The first-order chi connectivity index (χ1) is 27.5. The third kappa shape index (κ3) is 8.28. The molecule has 1 aromatic heterocycles. The summed E-state index contributed by atoms with van der Waals surface area (Å²) in [5, 5.41) is 7.76. The number of alkyl halides is 3. The Morgan fingerprint density at radius 1 is 0.966 bits per heavy atom. The van der Waals surface area contributed by atoms with Crippen LogP contribution in [-0.4, -0.2) is 97.3 Å². The topological polar surface area (TPSA) is 177 Å². The van der Waals surface area contributed by atoms with E-state index in [2.05, 4.69) is 30.8 Å². The van der Waals surface area contributed by atoms with Crippen molar-refractivity contribution in [1.82, 2.24) is 25.1 Å². The van der Waals surface area contributed by atoms with Gasteiger partial charge in [-0.25, -0.2) is 17.8 Å². The van der Waals surface area contributed by atoms with Crippen LogP contribution in [0.3, 0.4) is 0 Å². The number of anilines is 5. The molecule has 304 valence electrons. The monoisotopic (exact) mass is 823 g/mol. The summed E-state index contributed by atoms with van der Waals surface area (Å²) < 4.78 is 82.4. The van der Waals surface area contributed by atoms with E-state index in [0.29, 0.717) is 49.3 Å². The first-order valence-electron chi connectivity index (χ1n) is 18.1. The van der Waals surface area contributed by atoms with Crippen molar-refractivity contribution in [2.45, 2.75) is 38.1 Å². The lowest BCUT2D eigenvalue weighted by molar-refractivity contribution is -0.138. The summed E-state index contributed by atoms with van der Waals surface area (Å²) in [6, 6.07) is 15.2. The minimum absolute atomic E-state index is 0.0328. The standard InChI is InChI=1S/C38H37F4N9O6S/c1-48(58(2,56)57)26-5-3-4-22(18-26)19-43-33-28(38(40,41)42)20-44-37(47-33)45-24-7-9-25(10-8-24)50-16-14-49(15-17-50)21-23-6-11-27-31(32(23)39)36(55)51(35(27)54)29-12-13-30(52)46-34(29)53/h3-11,18,20,29H,12-17,19,21H2,1-2H3,(H,46,52,53)(H2,43,44,45,47). The molecule has 1 atom stereocenters. The van der Waals surface area contributed by atoms with Crippen molar-refractivity contribution in [3.05, 3.63) is 100 Å². The lowest BCUT2D eigenvalue weighted by atomic mass is 10.0. The van der Waals surface area contributed by atoms with Crippen LogP contribution in [0.5, 0.6) is 0 Å². The Balaban J connectivity index is 0.961. The van der Waals surface area contributed by atoms with Crippen LogP contribution < -0.4 is 25.2 Å². The van der Waals surface area contributed by atoms with Crippen LogP contribution in [-0.2, 0) is 38.9 Å². The molecule has 2 fully saturated rings.